The molecule has 0 amide bonds. The molecular weight excluding hydrogens is 372 g/mol. The molecule has 2 aromatic rings. The van der Waals surface area contributed by atoms with Gasteiger partial charge in [0.1, 0.15) is 11.5 Å². The van der Waals surface area contributed by atoms with Crippen molar-refractivity contribution in [3.05, 3.63) is 54.1 Å². The van der Waals surface area contributed by atoms with E-state index in [9.17, 15) is 13.0 Å². The highest BCUT2D eigenvalue weighted by molar-refractivity contribution is 7.85. The van der Waals surface area contributed by atoms with Gasteiger partial charge in [-0.15, -0.1) is 0 Å². The second kappa shape index (κ2) is 11.9. The average Bonchev–Trinajstić information content (AvgIpc) is 2.67. The number of para-hydroxylation sites is 1. The topological polar surface area (TPSA) is 63.6 Å². The first kappa shape index (κ1) is 22.4. The zero-order chi connectivity index (χ0) is 20.2. The molecule has 2 rings (SSSR count). The van der Waals surface area contributed by atoms with Crippen molar-refractivity contribution in [3.63, 3.8) is 0 Å². The molecule has 0 saturated carbocycles. The van der Waals surface area contributed by atoms with Gasteiger partial charge in [-0.05, 0) is 48.7 Å². The van der Waals surface area contributed by atoms with Gasteiger partial charge in [0, 0.05) is 0 Å². The van der Waals surface area contributed by atoms with E-state index < -0.39 is 10.1 Å². The lowest BCUT2D eigenvalue weighted by Gasteiger charge is -2.12. The van der Waals surface area contributed by atoms with Gasteiger partial charge in [-0.25, -0.2) is 0 Å². The minimum atomic E-state index is -4.22. The van der Waals surface area contributed by atoms with E-state index >= 15 is 0 Å². The van der Waals surface area contributed by atoms with Crippen LogP contribution in [0.25, 0.3) is 0 Å². The lowest BCUT2D eigenvalue weighted by atomic mass is 10.0. The molecule has 0 heterocycles. The molecule has 0 fully saturated rings. The molecule has 28 heavy (non-hydrogen) atoms. The minimum absolute atomic E-state index is 0.0844. The van der Waals surface area contributed by atoms with E-state index in [1.807, 2.05) is 30.3 Å². The van der Waals surface area contributed by atoms with Gasteiger partial charge in [-0.3, -0.25) is 4.55 Å². The molecule has 0 aromatic heterocycles. The number of hydrogen-bond acceptors (Lipinski definition) is 3. The van der Waals surface area contributed by atoms with E-state index in [0.717, 1.165) is 24.8 Å². The van der Waals surface area contributed by atoms with Crippen LogP contribution in [0.2, 0.25) is 0 Å². The molecule has 0 aliphatic heterocycles. The van der Waals surface area contributed by atoms with Gasteiger partial charge in [-0.1, -0.05) is 76.5 Å². The van der Waals surface area contributed by atoms with Crippen LogP contribution in [-0.2, 0) is 16.5 Å². The molecule has 4 nitrogen and oxygen atoms in total. The van der Waals surface area contributed by atoms with Crippen molar-refractivity contribution in [2.75, 3.05) is 0 Å². The lowest BCUT2D eigenvalue weighted by Crippen LogP contribution is -2.01. The zero-order valence-corrected chi connectivity index (χ0v) is 17.6. The highest BCUT2D eigenvalue weighted by Gasteiger charge is 2.14. The second-order valence-electron chi connectivity index (χ2n) is 7.24. The highest BCUT2D eigenvalue weighted by atomic mass is 32.2. The Balaban J connectivity index is 1.92. The molecule has 0 aliphatic carbocycles. The molecular formula is C23H32O4S. The summed E-state index contributed by atoms with van der Waals surface area (Å²) in [6.45, 7) is 2.23. The van der Waals surface area contributed by atoms with Crippen molar-refractivity contribution < 1.29 is 17.7 Å². The van der Waals surface area contributed by atoms with Crippen LogP contribution in [0.1, 0.15) is 70.3 Å². The molecule has 0 unspecified atom stereocenters. The Morgan fingerprint density at radius 1 is 0.821 bits per heavy atom. The zero-order valence-electron chi connectivity index (χ0n) is 16.8. The first-order valence-corrected chi connectivity index (χ1v) is 11.8. The van der Waals surface area contributed by atoms with Gasteiger partial charge in [0.05, 0.1) is 4.90 Å². The fourth-order valence-corrected chi connectivity index (χ4v) is 3.78. The molecule has 0 spiro atoms. The van der Waals surface area contributed by atoms with E-state index in [1.54, 1.807) is 6.07 Å². The summed E-state index contributed by atoms with van der Waals surface area (Å²) in [5.41, 5.74) is 0.807. The normalized spacial score (nSPS) is 11.5. The summed E-state index contributed by atoms with van der Waals surface area (Å²) in [4.78, 5) is -0.0844. The van der Waals surface area contributed by atoms with Crippen molar-refractivity contribution in [3.8, 4) is 11.5 Å². The number of rotatable bonds is 13. The van der Waals surface area contributed by atoms with Crippen LogP contribution >= 0.6 is 0 Å². The fourth-order valence-electron chi connectivity index (χ4n) is 3.25. The van der Waals surface area contributed by atoms with E-state index in [1.165, 1.54) is 57.1 Å². The monoisotopic (exact) mass is 404 g/mol. The third kappa shape index (κ3) is 8.03. The number of unbranched alkanes of at least 4 members (excludes halogenated alkanes) is 8. The summed E-state index contributed by atoms with van der Waals surface area (Å²) < 4.78 is 38.3. The Morgan fingerprint density at radius 3 is 2.04 bits per heavy atom. The van der Waals surface area contributed by atoms with Gasteiger partial charge in [0.25, 0.3) is 10.1 Å². The van der Waals surface area contributed by atoms with Crippen LogP contribution in [0, 0.1) is 0 Å². The first-order chi connectivity index (χ1) is 13.5. The number of benzene rings is 2. The minimum Gasteiger partial charge on any atom is -0.457 e. The Labute approximate surface area is 169 Å². The van der Waals surface area contributed by atoms with E-state index in [2.05, 4.69) is 6.92 Å². The quantitative estimate of drug-likeness (QED) is 0.294. The van der Waals surface area contributed by atoms with Crippen LogP contribution in [0.15, 0.2) is 53.4 Å². The fraction of sp³-hybridized carbons (Fsp3) is 0.478. The Kier molecular flexibility index (Phi) is 9.51. The summed E-state index contributed by atoms with van der Waals surface area (Å²) in [7, 11) is -4.22. The van der Waals surface area contributed by atoms with Gasteiger partial charge < -0.3 is 4.74 Å². The van der Waals surface area contributed by atoms with Crippen LogP contribution in [0.5, 0.6) is 11.5 Å². The van der Waals surface area contributed by atoms with Gasteiger partial charge in [0.15, 0.2) is 0 Å². The molecule has 5 heteroatoms. The van der Waals surface area contributed by atoms with Gasteiger partial charge in [0.2, 0.25) is 0 Å². The molecule has 1 N–H and O–H groups in total. The molecule has 0 bridgehead atoms. The molecule has 0 radical (unpaired) electrons. The predicted octanol–water partition coefficient (Wildman–Crippen LogP) is 6.80. The molecule has 154 valence electrons. The maximum Gasteiger partial charge on any atom is 0.294 e. The lowest BCUT2D eigenvalue weighted by molar-refractivity contribution is 0.470. The molecule has 0 saturated heterocycles. The van der Waals surface area contributed by atoms with Crippen LogP contribution < -0.4 is 4.74 Å². The SMILES string of the molecule is CCCCCCCCCCCc1cc(S(=O)(=O)O)ccc1Oc1ccccc1. The standard InChI is InChI=1S/C23H32O4S/c1-2-3-4-5-6-7-8-9-11-14-20-19-22(28(24,25)26)17-18-23(20)27-21-15-12-10-13-16-21/h10,12-13,15-19H,2-9,11,14H2,1H3,(H,24,25,26). The highest BCUT2D eigenvalue weighted by Crippen LogP contribution is 2.29. The summed E-state index contributed by atoms with van der Waals surface area (Å²) in [6, 6.07) is 13.9. The van der Waals surface area contributed by atoms with Crippen molar-refractivity contribution in [1.29, 1.82) is 0 Å². The Hall–Kier alpha value is -1.85. The van der Waals surface area contributed by atoms with E-state index in [4.69, 9.17) is 4.74 Å². The molecule has 2 aromatic carbocycles. The third-order valence-electron chi connectivity index (χ3n) is 4.85. The van der Waals surface area contributed by atoms with Gasteiger partial charge >= 0.3 is 0 Å². The first-order valence-electron chi connectivity index (χ1n) is 10.3. The summed E-state index contributed by atoms with van der Waals surface area (Å²) in [5, 5.41) is 0. The second-order valence-corrected chi connectivity index (χ2v) is 8.66. The maximum atomic E-state index is 11.5. The summed E-state index contributed by atoms with van der Waals surface area (Å²) in [6.07, 6.45) is 11.8. The number of ether oxygens (including phenoxy) is 1. The summed E-state index contributed by atoms with van der Waals surface area (Å²) >= 11 is 0. The van der Waals surface area contributed by atoms with Gasteiger partial charge in [-0.2, -0.15) is 8.42 Å². The smallest absolute Gasteiger partial charge is 0.294 e. The van der Waals surface area contributed by atoms with E-state index in [-0.39, 0.29) is 4.90 Å². The van der Waals surface area contributed by atoms with Crippen molar-refractivity contribution in [1.82, 2.24) is 0 Å². The predicted molar refractivity (Wildman–Crippen MR) is 114 cm³/mol. The van der Waals surface area contributed by atoms with Crippen LogP contribution in [0.3, 0.4) is 0 Å². The Morgan fingerprint density at radius 2 is 1.43 bits per heavy atom. The van der Waals surface area contributed by atoms with Crippen molar-refractivity contribution in [2.45, 2.75) is 76.0 Å². The van der Waals surface area contributed by atoms with Crippen molar-refractivity contribution >= 4 is 10.1 Å². The largest absolute Gasteiger partial charge is 0.457 e. The summed E-state index contributed by atoms with van der Waals surface area (Å²) in [5.74, 6) is 1.34. The van der Waals surface area contributed by atoms with Crippen LogP contribution in [0.4, 0.5) is 0 Å². The maximum absolute atomic E-state index is 11.5. The van der Waals surface area contributed by atoms with Crippen molar-refractivity contribution in [2.24, 2.45) is 0 Å². The third-order valence-corrected chi connectivity index (χ3v) is 5.70. The molecule has 0 aliphatic rings. The number of hydrogen-bond donors (Lipinski definition) is 1. The average molecular weight is 405 g/mol. The van der Waals surface area contributed by atoms with E-state index in [0.29, 0.717) is 11.5 Å². The number of aryl methyl sites for hydroxylation is 1. The Bertz CT molecular complexity index is 801. The molecule has 0 atom stereocenters. The van der Waals surface area contributed by atoms with Crippen LogP contribution in [-0.4, -0.2) is 13.0 Å².